The van der Waals surface area contributed by atoms with Crippen molar-refractivity contribution in [3.05, 3.63) is 0 Å². The maximum absolute atomic E-state index is 12.4. The number of likely N-dealkylation sites (tertiary alicyclic amines) is 1. The van der Waals surface area contributed by atoms with Crippen LogP contribution in [0.4, 0.5) is 0 Å². The number of nitrogens with zero attached hydrogens (tertiary/aromatic N) is 1. The number of nitrogens with one attached hydrogen (secondary N) is 1. The zero-order valence-electron chi connectivity index (χ0n) is 12.0. The Hall–Kier alpha value is -1.14. The van der Waals surface area contributed by atoms with Gasteiger partial charge in [0.2, 0.25) is 5.91 Å². The third-order valence-electron chi connectivity index (χ3n) is 4.72. The van der Waals surface area contributed by atoms with E-state index in [1.807, 2.05) is 7.05 Å². The highest BCUT2D eigenvalue weighted by Crippen LogP contribution is 2.32. The quantitative estimate of drug-likeness (QED) is 0.693. The molecule has 20 heavy (non-hydrogen) atoms. The molecule has 0 radical (unpaired) electrons. The average Bonchev–Trinajstić information content (AvgIpc) is 2.82. The lowest BCUT2D eigenvalue weighted by atomic mass is 9.79. The van der Waals surface area contributed by atoms with Crippen molar-refractivity contribution in [2.75, 3.05) is 13.6 Å². The number of aliphatic carboxylic acids is 1. The molecule has 1 heterocycles. The van der Waals surface area contributed by atoms with Gasteiger partial charge >= 0.3 is 5.97 Å². The van der Waals surface area contributed by atoms with E-state index in [1.54, 1.807) is 0 Å². The average molecular weight is 284 g/mol. The summed E-state index contributed by atoms with van der Waals surface area (Å²) in [6.45, 7) is 0.135. The highest BCUT2D eigenvalue weighted by Gasteiger charge is 2.42. The molecular formula is C14H24N2O4. The maximum atomic E-state index is 12.4. The van der Waals surface area contributed by atoms with Crippen LogP contribution in [0.2, 0.25) is 0 Å². The summed E-state index contributed by atoms with van der Waals surface area (Å²) in [4.78, 5) is 25.0. The van der Waals surface area contributed by atoms with Gasteiger partial charge in [-0.25, -0.2) is 4.79 Å². The number of carbonyl (C=O) groups excluding carboxylic acids is 1. The number of carboxylic acid groups (broad SMARTS) is 1. The Balaban J connectivity index is 2.04. The molecule has 0 aromatic rings. The van der Waals surface area contributed by atoms with Crippen molar-refractivity contribution < 1.29 is 19.8 Å². The summed E-state index contributed by atoms with van der Waals surface area (Å²) < 4.78 is 0. The fourth-order valence-electron chi connectivity index (χ4n) is 3.46. The van der Waals surface area contributed by atoms with E-state index >= 15 is 0 Å². The van der Waals surface area contributed by atoms with E-state index < -0.39 is 18.1 Å². The third-order valence-corrected chi connectivity index (χ3v) is 4.72. The van der Waals surface area contributed by atoms with E-state index in [1.165, 1.54) is 11.3 Å². The van der Waals surface area contributed by atoms with Crippen molar-refractivity contribution >= 4 is 11.9 Å². The molecule has 1 saturated carbocycles. The van der Waals surface area contributed by atoms with E-state index in [-0.39, 0.29) is 24.4 Å². The zero-order chi connectivity index (χ0) is 14.8. The van der Waals surface area contributed by atoms with Gasteiger partial charge in [-0.15, -0.1) is 0 Å². The van der Waals surface area contributed by atoms with Gasteiger partial charge in [0.1, 0.15) is 6.04 Å². The Morgan fingerprint density at radius 3 is 2.50 bits per heavy atom. The molecule has 0 bridgehead atoms. The van der Waals surface area contributed by atoms with Crippen molar-refractivity contribution in [2.24, 2.45) is 0 Å². The molecule has 6 heteroatoms. The monoisotopic (exact) mass is 284 g/mol. The van der Waals surface area contributed by atoms with Crippen LogP contribution in [0.15, 0.2) is 0 Å². The lowest BCUT2D eigenvalue weighted by Gasteiger charge is -2.38. The van der Waals surface area contributed by atoms with E-state index in [2.05, 4.69) is 5.32 Å². The van der Waals surface area contributed by atoms with Crippen LogP contribution in [-0.4, -0.2) is 58.3 Å². The fraction of sp³-hybridized carbons (Fsp3) is 0.857. The summed E-state index contributed by atoms with van der Waals surface area (Å²) in [5.41, 5.74) is -0.202. The summed E-state index contributed by atoms with van der Waals surface area (Å²) in [5, 5.41) is 22.0. The topological polar surface area (TPSA) is 89.9 Å². The molecule has 1 aliphatic carbocycles. The molecule has 114 valence electrons. The van der Waals surface area contributed by atoms with Gasteiger partial charge in [-0.2, -0.15) is 0 Å². The highest BCUT2D eigenvalue weighted by molar-refractivity contribution is 5.85. The fourth-order valence-corrected chi connectivity index (χ4v) is 3.46. The van der Waals surface area contributed by atoms with Gasteiger partial charge in [0.15, 0.2) is 0 Å². The molecular weight excluding hydrogens is 260 g/mol. The Bertz CT molecular complexity index is 379. The summed E-state index contributed by atoms with van der Waals surface area (Å²) in [6.07, 6.45) is 5.01. The van der Waals surface area contributed by atoms with Crippen molar-refractivity contribution in [2.45, 2.75) is 62.6 Å². The maximum Gasteiger partial charge on any atom is 0.326 e. The predicted octanol–water partition coefficient (Wildman–Crippen LogP) is 0.345. The molecule has 0 aromatic heterocycles. The Labute approximate surface area is 119 Å². The highest BCUT2D eigenvalue weighted by atomic mass is 16.4. The first-order valence-electron chi connectivity index (χ1n) is 7.37. The number of hydrogen-bond acceptors (Lipinski definition) is 4. The molecule has 2 aliphatic rings. The van der Waals surface area contributed by atoms with Crippen LogP contribution in [0.25, 0.3) is 0 Å². The molecule has 1 aliphatic heterocycles. The van der Waals surface area contributed by atoms with Crippen molar-refractivity contribution in [1.82, 2.24) is 10.2 Å². The van der Waals surface area contributed by atoms with Gasteiger partial charge in [-0.3, -0.25) is 4.79 Å². The first-order valence-corrected chi connectivity index (χ1v) is 7.37. The minimum Gasteiger partial charge on any atom is -0.480 e. The second kappa shape index (κ2) is 6.10. The molecule has 0 unspecified atom stereocenters. The van der Waals surface area contributed by atoms with Gasteiger partial charge in [0.25, 0.3) is 0 Å². The number of amides is 1. The van der Waals surface area contributed by atoms with Crippen molar-refractivity contribution in [3.8, 4) is 0 Å². The second-order valence-corrected chi connectivity index (χ2v) is 6.06. The third kappa shape index (κ3) is 3.12. The second-order valence-electron chi connectivity index (χ2n) is 6.06. The molecule has 6 nitrogen and oxygen atoms in total. The first-order chi connectivity index (χ1) is 9.47. The van der Waals surface area contributed by atoms with Gasteiger partial charge in [0.05, 0.1) is 6.10 Å². The van der Waals surface area contributed by atoms with Gasteiger partial charge in [-0.1, -0.05) is 19.3 Å². The SMILES string of the molecule is CNC1(CC(=O)N2C[C@H](O)C[C@H]2C(=O)O)CCCCC1. The Kier molecular flexibility index (Phi) is 4.65. The van der Waals surface area contributed by atoms with Crippen LogP contribution in [0, 0.1) is 0 Å². The minimum absolute atomic E-state index is 0.133. The molecule has 3 N–H and O–H groups in total. The van der Waals surface area contributed by atoms with Crippen LogP contribution in [0.5, 0.6) is 0 Å². The number of carbonyl (C=O) groups is 2. The standard InChI is InChI=1S/C14H24N2O4/c1-15-14(5-3-2-4-6-14)8-12(18)16-9-10(17)7-11(16)13(19)20/h10-11,15,17H,2-9H2,1H3,(H,19,20)/t10-,11+/m1/s1. The normalized spacial score (nSPS) is 29.4. The predicted molar refractivity (Wildman–Crippen MR) is 73.3 cm³/mol. The minimum atomic E-state index is -1.03. The summed E-state index contributed by atoms with van der Waals surface area (Å²) >= 11 is 0. The van der Waals surface area contributed by atoms with Crippen LogP contribution < -0.4 is 5.32 Å². The lowest BCUT2D eigenvalue weighted by Crippen LogP contribution is -2.50. The van der Waals surface area contributed by atoms with Gasteiger partial charge < -0.3 is 20.4 Å². The zero-order valence-corrected chi connectivity index (χ0v) is 12.0. The summed E-state index contributed by atoms with van der Waals surface area (Å²) in [5.74, 6) is -1.19. The number of aliphatic hydroxyl groups excluding tert-OH is 1. The molecule has 2 atom stereocenters. The van der Waals surface area contributed by atoms with E-state index in [4.69, 9.17) is 5.11 Å². The largest absolute Gasteiger partial charge is 0.480 e. The van der Waals surface area contributed by atoms with Gasteiger partial charge in [0, 0.05) is 24.9 Å². The number of hydrogen-bond donors (Lipinski definition) is 3. The van der Waals surface area contributed by atoms with E-state index in [9.17, 15) is 14.7 Å². The van der Waals surface area contributed by atoms with Crippen molar-refractivity contribution in [3.63, 3.8) is 0 Å². The lowest BCUT2D eigenvalue weighted by molar-refractivity contribution is -0.149. The number of rotatable bonds is 4. The summed E-state index contributed by atoms with van der Waals surface area (Å²) in [7, 11) is 1.87. The first kappa shape index (κ1) is 15.3. The number of carboxylic acids is 1. The van der Waals surface area contributed by atoms with Crippen LogP contribution in [-0.2, 0) is 9.59 Å². The van der Waals surface area contributed by atoms with Crippen LogP contribution >= 0.6 is 0 Å². The molecule has 1 amide bonds. The molecule has 0 spiro atoms. The van der Waals surface area contributed by atoms with E-state index in [0.717, 1.165) is 25.7 Å². The molecule has 1 saturated heterocycles. The molecule has 0 aromatic carbocycles. The molecule has 2 rings (SSSR count). The Morgan fingerprint density at radius 2 is 1.95 bits per heavy atom. The Morgan fingerprint density at radius 1 is 1.30 bits per heavy atom. The number of aliphatic hydroxyl groups is 1. The number of β-amino-alcohol motifs (C(OH)–C–C–N with tert-alkyl or cyclic N) is 1. The van der Waals surface area contributed by atoms with Gasteiger partial charge in [-0.05, 0) is 19.9 Å². The molecule has 2 fully saturated rings. The summed E-state index contributed by atoms with van der Waals surface area (Å²) in [6, 6.07) is -0.880. The van der Waals surface area contributed by atoms with Crippen molar-refractivity contribution in [1.29, 1.82) is 0 Å². The van der Waals surface area contributed by atoms with Crippen LogP contribution in [0.3, 0.4) is 0 Å². The van der Waals surface area contributed by atoms with E-state index in [0.29, 0.717) is 6.42 Å². The smallest absolute Gasteiger partial charge is 0.326 e. The van der Waals surface area contributed by atoms with Crippen LogP contribution in [0.1, 0.15) is 44.9 Å².